The van der Waals surface area contributed by atoms with Crippen LogP contribution in [0.1, 0.15) is 31.7 Å². The second kappa shape index (κ2) is 8.21. The largest absolute Gasteiger partial charge is 0.381 e. The molecule has 2 saturated heterocycles. The molecule has 1 unspecified atom stereocenters. The van der Waals surface area contributed by atoms with E-state index in [1.54, 1.807) is 0 Å². The minimum absolute atomic E-state index is 0.375. The first-order chi connectivity index (χ1) is 11.7. The van der Waals surface area contributed by atoms with E-state index in [1.165, 1.54) is 18.4 Å². The molecule has 2 aliphatic heterocycles. The molecule has 4 nitrogen and oxygen atoms in total. The number of hydrogen-bond donors (Lipinski definition) is 1. The quantitative estimate of drug-likeness (QED) is 0.503. The Hall–Kier alpha value is -1.26. The third-order valence-electron chi connectivity index (χ3n) is 5.06. The molecular weight excluding hydrogens is 322 g/mol. The SMILES string of the molecule is CCNC(=NCCCc1ccc(Cl)cc1)N1CCC2(CCOC2)C1. The highest BCUT2D eigenvalue weighted by Gasteiger charge is 2.42. The van der Waals surface area contributed by atoms with E-state index >= 15 is 0 Å². The molecule has 1 atom stereocenters. The summed E-state index contributed by atoms with van der Waals surface area (Å²) in [5, 5.41) is 4.25. The van der Waals surface area contributed by atoms with Crippen LogP contribution in [0.5, 0.6) is 0 Å². The zero-order valence-corrected chi connectivity index (χ0v) is 15.3. The summed E-state index contributed by atoms with van der Waals surface area (Å²) in [7, 11) is 0. The molecule has 0 bridgehead atoms. The summed E-state index contributed by atoms with van der Waals surface area (Å²) in [5.74, 6) is 1.07. The molecule has 1 aromatic rings. The van der Waals surface area contributed by atoms with Gasteiger partial charge >= 0.3 is 0 Å². The van der Waals surface area contributed by atoms with Crippen LogP contribution in [0.25, 0.3) is 0 Å². The number of guanidine groups is 1. The second-order valence-corrected chi connectivity index (χ2v) is 7.38. The minimum Gasteiger partial charge on any atom is -0.381 e. The lowest BCUT2D eigenvalue weighted by atomic mass is 9.87. The molecular formula is C19H28ClN3O. The zero-order valence-electron chi connectivity index (χ0n) is 14.6. The summed E-state index contributed by atoms with van der Waals surface area (Å²) in [4.78, 5) is 7.26. The third-order valence-corrected chi connectivity index (χ3v) is 5.31. The van der Waals surface area contributed by atoms with Gasteiger partial charge in [-0.3, -0.25) is 4.99 Å². The van der Waals surface area contributed by atoms with Gasteiger partial charge in [-0.15, -0.1) is 0 Å². The standard InChI is InChI=1S/C19H28ClN3O/c1-2-21-18(23-12-9-19(14-23)10-13-24-15-19)22-11-3-4-16-5-7-17(20)8-6-16/h5-8H,2-4,9-15H2,1H3,(H,21,22). The Kier molecular flexibility index (Phi) is 6.01. The maximum absolute atomic E-state index is 5.93. The molecule has 1 aromatic carbocycles. The van der Waals surface area contributed by atoms with Gasteiger partial charge in [0.1, 0.15) is 0 Å². The van der Waals surface area contributed by atoms with E-state index in [4.69, 9.17) is 21.3 Å². The summed E-state index contributed by atoms with van der Waals surface area (Å²) in [6.45, 7) is 7.90. The number of ether oxygens (including phenoxy) is 1. The molecule has 1 spiro atoms. The first kappa shape index (κ1) is 17.6. The van der Waals surface area contributed by atoms with Gasteiger partial charge in [0.2, 0.25) is 0 Å². The maximum Gasteiger partial charge on any atom is 0.193 e. The second-order valence-electron chi connectivity index (χ2n) is 6.94. The molecule has 5 heteroatoms. The van der Waals surface area contributed by atoms with Crippen molar-refractivity contribution >= 4 is 17.6 Å². The highest BCUT2D eigenvalue weighted by atomic mass is 35.5. The Morgan fingerprint density at radius 2 is 2.17 bits per heavy atom. The Bertz CT molecular complexity index is 552. The molecule has 2 heterocycles. The van der Waals surface area contributed by atoms with E-state index < -0.39 is 0 Å². The molecule has 0 radical (unpaired) electrons. The van der Waals surface area contributed by atoms with Gasteiger partial charge in [0.25, 0.3) is 0 Å². The minimum atomic E-state index is 0.375. The highest BCUT2D eigenvalue weighted by molar-refractivity contribution is 6.30. The number of likely N-dealkylation sites (tertiary alicyclic amines) is 1. The van der Waals surface area contributed by atoms with Crippen LogP contribution in [0.4, 0.5) is 0 Å². The van der Waals surface area contributed by atoms with Crippen molar-refractivity contribution < 1.29 is 4.74 Å². The number of aryl methyl sites for hydroxylation is 1. The van der Waals surface area contributed by atoms with Crippen LogP contribution in [-0.2, 0) is 11.2 Å². The lowest BCUT2D eigenvalue weighted by Crippen LogP contribution is -2.41. The Morgan fingerprint density at radius 3 is 2.88 bits per heavy atom. The van der Waals surface area contributed by atoms with Crippen LogP contribution in [0.2, 0.25) is 5.02 Å². The van der Waals surface area contributed by atoms with Gasteiger partial charge in [0.05, 0.1) is 6.61 Å². The summed E-state index contributed by atoms with van der Waals surface area (Å²) >= 11 is 5.93. The van der Waals surface area contributed by atoms with E-state index in [1.807, 2.05) is 12.1 Å². The normalized spacial score (nSPS) is 24.1. The molecule has 0 amide bonds. The summed E-state index contributed by atoms with van der Waals surface area (Å²) < 4.78 is 5.63. The summed E-state index contributed by atoms with van der Waals surface area (Å²) in [6, 6.07) is 8.11. The number of benzene rings is 1. The van der Waals surface area contributed by atoms with Gasteiger partial charge in [0, 0.05) is 43.2 Å². The lowest BCUT2D eigenvalue weighted by molar-refractivity contribution is 0.156. The van der Waals surface area contributed by atoms with Crippen molar-refractivity contribution in [3.05, 3.63) is 34.9 Å². The van der Waals surface area contributed by atoms with E-state index in [9.17, 15) is 0 Å². The average molecular weight is 350 g/mol. The van der Waals surface area contributed by atoms with Gasteiger partial charge in [-0.25, -0.2) is 0 Å². The van der Waals surface area contributed by atoms with Crippen molar-refractivity contribution in [2.45, 2.75) is 32.6 Å². The Balaban J connectivity index is 1.51. The lowest BCUT2D eigenvalue weighted by Gasteiger charge is -2.25. The molecule has 0 aromatic heterocycles. The predicted octanol–water partition coefficient (Wildman–Crippen LogP) is 3.35. The summed E-state index contributed by atoms with van der Waals surface area (Å²) in [6.07, 6.45) is 4.51. The molecule has 24 heavy (non-hydrogen) atoms. The zero-order chi connectivity index (χ0) is 16.8. The number of nitrogens with zero attached hydrogens (tertiary/aromatic N) is 2. The van der Waals surface area contributed by atoms with Gasteiger partial charge in [-0.2, -0.15) is 0 Å². The fourth-order valence-electron chi connectivity index (χ4n) is 3.63. The number of aliphatic imine (C=N–C) groups is 1. The smallest absolute Gasteiger partial charge is 0.193 e. The van der Waals surface area contributed by atoms with Gasteiger partial charge in [-0.05, 0) is 50.3 Å². The van der Waals surface area contributed by atoms with Gasteiger partial charge < -0.3 is 15.0 Å². The molecule has 132 valence electrons. The van der Waals surface area contributed by atoms with Gasteiger partial charge in [0.15, 0.2) is 5.96 Å². The fourth-order valence-corrected chi connectivity index (χ4v) is 3.76. The van der Waals surface area contributed by atoms with Crippen molar-refractivity contribution in [1.29, 1.82) is 0 Å². The van der Waals surface area contributed by atoms with Gasteiger partial charge in [-0.1, -0.05) is 23.7 Å². The van der Waals surface area contributed by atoms with Crippen LogP contribution in [0, 0.1) is 5.41 Å². The van der Waals surface area contributed by atoms with Crippen molar-refractivity contribution in [1.82, 2.24) is 10.2 Å². The Morgan fingerprint density at radius 1 is 1.33 bits per heavy atom. The number of hydrogen-bond acceptors (Lipinski definition) is 2. The number of rotatable bonds is 5. The van der Waals surface area contributed by atoms with Crippen LogP contribution >= 0.6 is 11.6 Å². The third kappa shape index (κ3) is 4.42. The highest BCUT2D eigenvalue weighted by Crippen LogP contribution is 2.38. The number of halogens is 1. The molecule has 0 aliphatic carbocycles. The van der Waals surface area contributed by atoms with E-state index in [2.05, 4.69) is 29.3 Å². The summed E-state index contributed by atoms with van der Waals surface area (Å²) in [5.41, 5.74) is 1.70. The average Bonchev–Trinajstić information content (AvgIpc) is 3.22. The fraction of sp³-hybridized carbons (Fsp3) is 0.632. The monoisotopic (exact) mass is 349 g/mol. The number of nitrogens with one attached hydrogen (secondary N) is 1. The van der Waals surface area contributed by atoms with Crippen molar-refractivity contribution in [2.75, 3.05) is 39.4 Å². The predicted molar refractivity (Wildman–Crippen MR) is 99.8 cm³/mol. The van der Waals surface area contributed by atoms with E-state index in [0.717, 1.165) is 63.2 Å². The van der Waals surface area contributed by atoms with Crippen LogP contribution in [0.3, 0.4) is 0 Å². The molecule has 3 rings (SSSR count). The first-order valence-corrected chi connectivity index (χ1v) is 9.44. The first-order valence-electron chi connectivity index (χ1n) is 9.06. The van der Waals surface area contributed by atoms with E-state index in [-0.39, 0.29) is 0 Å². The van der Waals surface area contributed by atoms with Crippen molar-refractivity contribution in [2.24, 2.45) is 10.4 Å². The van der Waals surface area contributed by atoms with Crippen LogP contribution in [-0.4, -0.2) is 50.3 Å². The van der Waals surface area contributed by atoms with Crippen LogP contribution < -0.4 is 5.32 Å². The topological polar surface area (TPSA) is 36.9 Å². The molecule has 1 N–H and O–H groups in total. The van der Waals surface area contributed by atoms with Crippen molar-refractivity contribution in [3.63, 3.8) is 0 Å². The van der Waals surface area contributed by atoms with Crippen molar-refractivity contribution in [3.8, 4) is 0 Å². The van der Waals surface area contributed by atoms with Crippen LogP contribution in [0.15, 0.2) is 29.3 Å². The molecule has 2 fully saturated rings. The Labute approximate surface area is 150 Å². The maximum atomic E-state index is 5.93. The molecule has 0 saturated carbocycles. The van der Waals surface area contributed by atoms with E-state index in [0.29, 0.717) is 5.41 Å². The molecule has 2 aliphatic rings.